The number of para-hydroxylation sites is 2. The maximum absolute atomic E-state index is 5.09. The van der Waals surface area contributed by atoms with Gasteiger partial charge in [-0.1, -0.05) is 36.4 Å². The minimum absolute atomic E-state index is 1.04. The second-order valence-electron chi connectivity index (χ2n) is 6.77. The van der Waals surface area contributed by atoms with E-state index in [-0.39, 0.29) is 0 Å². The number of fused-ring (bicyclic) bond motifs is 4. The molecule has 0 spiro atoms. The van der Waals surface area contributed by atoms with Crippen LogP contribution in [0.4, 0.5) is 0 Å². The molecule has 5 rings (SSSR count). The van der Waals surface area contributed by atoms with Crippen molar-refractivity contribution < 1.29 is 0 Å². The van der Waals surface area contributed by atoms with Crippen molar-refractivity contribution in [1.82, 2.24) is 14.1 Å². The summed E-state index contributed by atoms with van der Waals surface area (Å²) in [7, 11) is 4.19. The first-order valence-corrected chi connectivity index (χ1v) is 8.54. The Morgan fingerprint density at radius 3 is 2.28 bits per heavy atom. The van der Waals surface area contributed by atoms with Gasteiger partial charge < -0.3 is 9.13 Å². The molecule has 0 aliphatic carbocycles. The van der Waals surface area contributed by atoms with Crippen LogP contribution in [0.2, 0.25) is 0 Å². The van der Waals surface area contributed by atoms with Gasteiger partial charge in [-0.3, -0.25) is 0 Å². The van der Waals surface area contributed by atoms with Crippen LogP contribution in [0.25, 0.3) is 44.1 Å². The fourth-order valence-electron chi connectivity index (χ4n) is 3.97. The fourth-order valence-corrected chi connectivity index (χ4v) is 3.97. The monoisotopic (exact) mass is 325 g/mol. The molecular formula is C22H19N3. The van der Waals surface area contributed by atoms with Gasteiger partial charge in [0.05, 0.1) is 11.2 Å². The Kier molecular flexibility index (Phi) is 2.84. The Bertz CT molecular complexity index is 1270. The Balaban J connectivity index is 1.89. The Morgan fingerprint density at radius 1 is 0.800 bits per heavy atom. The molecule has 0 bridgehead atoms. The average Bonchev–Trinajstić information content (AvgIpc) is 3.11. The molecule has 0 saturated carbocycles. The average molecular weight is 325 g/mol. The summed E-state index contributed by atoms with van der Waals surface area (Å²) in [6.45, 7) is 2.16. The molecule has 0 amide bonds. The van der Waals surface area contributed by atoms with Crippen molar-refractivity contribution in [3.05, 3.63) is 66.4 Å². The van der Waals surface area contributed by atoms with Crippen molar-refractivity contribution in [3.63, 3.8) is 0 Å². The summed E-state index contributed by atoms with van der Waals surface area (Å²) in [6.07, 6.45) is 2.19. The van der Waals surface area contributed by atoms with Crippen LogP contribution in [-0.2, 0) is 14.1 Å². The van der Waals surface area contributed by atoms with Crippen molar-refractivity contribution in [2.75, 3.05) is 0 Å². The highest BCUT2D eigenvalue weighted by molar-refractivity contribution is 6.08. The molecular weight excluding hydrogens is 306 g/mol. The fraction of sp³-hybridized carbons (Fsp3) is 0.136. The number of nitrogens with zero attached hydrogens (tertiary/aromatic N) is 3. The van der Waals surface area contributed by atoms with Crippen LogP contribution in [-0.4, -0.2) is 14.1 Å². The molecule has 122 valence electrons. The Morgan fingerprint density at radius 2 is 1.48 bits per heavy atom. The molecule has 0 unspecified atom stereocenters. The van der Waals surface area contributed by atoms with E-state index in [0.29, 0.717) is 0 Å². The van der Waals surface area contributed by atoms with Crippen molar-refractivity contribution in [3.8, 4) is 11.3 Å². The lowest BCUT2D eigenvalue weighted by Gasteiger charge is -2.06. The lowest BCUT2D eigenvalue weighted by atomic mass is 10.0. The molecule has 3 heteroatoms. The van der Waals surface area contributed by atoms with Gasteiger partial charge in [0.25, 0.3) is 0 Å². The molecule has 2 aromatic carbocycles. The topological polar surface area (TPSA) is 22.8 Å². The van der Waals surface area contributed by atoms with Crippen molar-refractivity contribution in [1.29, 1.82) is 0 Å². The summed E-state index contributed by atoms with van der Waals surface area (Å²) < 4.78 is 4.37. The SMILES string of the molecule is Cc1cc2c3ccccc3n(C)c2nc1-c1cn(C)c2ccccc12. The zero-order valence-corrected chi connectivity index (χ0v) is 14.6. The summed E-state index contributed by atoms with van der Waals surface area (Å²) in [6, 6.07) is 19.3. The van der Waals surface area contributed by atoms with E-state index < -0.39 is 0 Å². The molecule has 5 aromatic rings. The van der Waals surface area contributed by atoms with Crippen LogP contribution in [0.3, 0.4) is 0 Å². The first-order chi connectivity index (χ1) is 12.1. The van der Waals surface area contributed by atoms with E-state index in [9.17, 15) is 0 Å². The summed E-state index contributed by atoms with van der Waals surface area (Å²) >= 11 is 0. The van der Waals surface area contributed by atoms with Gasteiger partial charge in [0, 0.05) is 47.5 Å². The van der Waals surface area contributed by atoms with Gasteiger partial charge in [-0.2, -0.15) is 0 Å². The zero-order chi connectivity index (χ0) is 17.1. The van der Waals surface area contributed by atoms with Gasteiger partial charge in [0.1, 0.15) is 5.65 Å². The number of hydrogen-bond donors (Lipinski definition) is 0. The van der Waals surface area contributed by atoms with E-state index in [2.05, 4.69) is 90.9 Å². The number of aromatic nitrogens is 3. The van der Waals surface area contributed by atoms with Crippen LogP contribution in [0, 0.1) is 6.92 Å². The number of benzene rings is 2. The quantitative estimate of drug-likeness (QED) is 0.416. The van der Waals surface area contributed by atoms with E-state index in [4.69, 9.17) is 4.98 Å². The summed E-state index contributed by atoms with van der Waals surface area (Å²) in [5.74, 6) is 0. The first-order valence-electron chi connectivity index (χ1n) is 8.54. The minimum Gasteiger partial charge on any atom is -0.350 e. The maximum atomic E-state index is 5.09. The van der Waals surface area contributed by atoms with E-state index in [1.165, 1.54) is 38.3 Å². The van der Waals surface area contributed by atoms with E-state index in [0.717, 1.165) is 11.3 Å². The summed E-state index contributed by atoms with van der Waals surface area (Å²) in [4.78, 5) is 5.09. The van der Waals surface area contributed by atoms with Gasteiger partial charge in [0.2, 0.25) is 0 Å². The van der Waals surface area contributed by atoms with Gasteiger partial charge >= 0.3 is 0 Å². The highest BCUT2D eigenvalue weighted by atomic mass is 15.0. The van der Waals surface area contributed by atoms with Gasteiger partial charge in [-0.25, -0.2) is 4.98 Å². The highest BCUT2D eigenvalue weighted by Gasteiger charge is 2.16. The molecule has 0 saturated heterocycles. The third-order valence-corrected chi connectivity index (χ3v) is 5.22. The second-order valence-corrected chi connectivity index (χ2v) is 6.77. The minimum atomic E-state index is 1.04. The van der Waals surface area contributed by atoms with Crippen LogP contribution < -0.4 is 0 Å². The Labute approximate surface area is 146 Å². The largest absolute Gasteiger partial charge is 0.350 e. The lowest BCUT2D eigenvalue weighted by molar-refractivity contribution is 0.968. The third-order valence-electron chi connectivity index (χ3n) is 5.22. The van der Waals surface area contributed by atoms with Crippen molar-refractivity contribution in [2.45, 2.75) is 6.92 Å². The molecule has 3 aromatic heterocycles. The Hall–Kier alpha value is -3.07. The predicted octanol–water partition coefficient (Wildman–Crippen LogP) is 5.19. The first kappa shape index (κ1) is 14.3. The van der Waals surface area contributed by atoms with E-state index in [1.54, 1.807) is 0 Å². The summed E-state index contributed by atoms with van der Waals surface area (Å²) in [5.41, 5.74) is 6.96. The number of aryl methyl sites for hydroxylation is 3. The molecule has 0 aliphatic rings. The van der Waals surface area contributed by atoms with Gasteiger partial charge in [-0.15, -0.1) is 0 Å². The molecule has 0 atom stereocenters. The molecule has 0 aliphatic heterocycles. The van der Waals surface area contributed by atoms with Crippen LogP contribution in [0.5, 0.6) is 0 Å². The van der Waals surface area contributed by atoms with Crippen molar-refractivity contribution in [2.24, 2.45) is 14.1 Å². The molecule has 0 fully saturated rings. The van der Waals surface area contributed by atoms with Gasteiger partial charge in [0.15, 0.2) is 0 Å². The number of hydrogen-bond acceptors (Lipinski definition) is 1. The summed E-state index contributed by atoms with van der Waals surface area (Å²) in [5, 5.41) is 3.73. The maximum Gasteiger partial charge on any atom is 0.141 e. The normalized spacial score (nSPS) is 11.8. The second kappa shape index (κ2) is 4.96. The van der Waals surface area contributed by atoms with Gasteiger partial charge in [-0.05, 0) is 30.7 Å². The van der Waals surface area contributed by atoms with Crippen molar-refractivity contribution >= 4 is 32.8 Å². The molecule has 0 radical (unpaired) electrons. The van der Waals surface area contributed by atoms with Crippen LogP contribution in [0.15, 0.2) is 60.8 Å². The highest BCUT2D eigenvalue weighted by Crippen LogP contribution is 2.35. The zero-order valence-electron chi connectivity index (χ0n) is 14.6. The molecule has 3 heterocycles. The smallest absolute Gasteiger partial charge is 0.141 e. The number of rotatable bonds is 1. The third kappa shape index (κ3) is 1.89. The van der Waals surface area contributed by atoms with E-state index in [1.807, 2.05) is 0 Å². The van der Waals surface area contributed by atoms with Crippen LogP contribution in [0.1, 0.15) is 5.56 Å². The lowest BCUT2D eigenvalue weighted by Crippen LogP contribution is -1.93. The molecule has 25 heavy (non-hydrogen) atoms. The predicted molar refractivity (Wildman–Crippen MR) is 105 cm³/mol. The van der Waals surface area contributed by atoms with E-state index >= 15 is 0 Å². The molecule has 0 N–H and O–H groups in total. The van der Waals surface area contributed by atoms with Crippen LogP contribution >= 0.6 is 0 Å². The number of pyridine rings is 1. The standard InChI is InChI=1S/C22H19N3/c1-14-12-17-15-8-5-7-11-20(15)25(3)22(17)23-21(14)18-13-24(2)19-10-6-4-9-16(18)19/h4-13H,1-3H3. The molecule has 3 nitrogen and oxygen atoms in total.